The average Bonchev–Trinajstić information content (AvgIpc) is 3.42. The van der Waals surface area contributed by atoms with Gasteiger partial charge in [-0.3, -0.25) is 9.59 Å². The molecule has 0 bridgehead atoms. The van der Waals surface area contributed by atoms with E-state index in [0.29, 0.717) is 19.4 Å². The van der Waals surface area contributed by atoms with Crippen LogP contribution in [0, 0.1) is 0 Å². The van der Waals surface area contributed by atoms with Crippen LogP contribution in [0.15, 0.2) is 48.6 Å². The predicted molar refractivity (Wildman–Crippen MR) is 333 cm³/mol. The SMILES string of the molecule is CCCC/C=C\CCCCCCCC(=O)OCCCCCCCCCCCCCCC/C=C\C/C=C\CCCCCCCCCCCCCCCCCCCC(=O)NC(CO)C(O)/C=C/CCCCCCCCCCC. The van der Waals surface area contributed by atoms with Crippen molar-refractivity contribution in [3.05, 3.63) is 48.6 Å². The van der Waals surface area contributed by atoms with Gasteiger partial charge in [-0.1, -0.05) is 313 Å². The molecule has 0 fully saturated rings. The van der Waals surface area contributed by atoms with Crippen molar-refractivity contribution >= 4 is 11.9 Å². The van der Waals surface area contributed by atoms with Crippen LogP contribution in [0.2, 0.25) is 0 Å². The molecule has 76 heavy (non-hydrogen) atoms. The van der Waals surface area contributed by atoms with E-state index in [1.165, 1.54) is 283 Å². The van der Waals surface area contributed by atoms with Crippen molar-refractivity contribution in [2.75, 3.05) is 13.2 Å². The number of esters is 1. The second-order valence-electron chi connectivity index (χ2n) is 23.1. The van der Waals surface area contributed by atoms with Gasteiger partial charge in [0.15, 0.2) is 0 Å². The van der Waals surface area contributed by atoms with E-state index in [1.807, 2.05) is 6.08 Å². The fraction of sp³-hybridized carbons (Fsp3) is 0.857. The monoisotopic (exact) mass is 1070 g/mol. The van der Waals surface area contributed by atoms with Gasteiger partial charge in [-0.15, -0.1) is 0 Å². The third kappa shape index (κ3) is 61.0. The van der Waals surface area contributed by atoms with E-state index < -0.39 is 12.1 Å². The van der Waals surface area contributed by atoms with Gasteiger partial charge in [0.1, 0.15) is 0 Å². The summed E-state index contributed by atoms with van der Waals surface area (Å²) < 4.78 is 5.46. The molecule has 0 saturated carbocycles. The Bertz CT molecular complexity index is 1270. The number of ether oxygens (including phenoxy) is 1. The Morgan fingerprint density at radius 2 is 0.671 bits per heavy atom. The molecule has 0 aliphatic rings. The number of amides is 1. The van der Waals surface area contributed by atoms with Crippen LogP contribution in [0.1, 0.15) is 361 Å². The minimum absolute atomic E-state index is 0.00718. The Morgan fingerprint density at radius 3 is 1.05 bits per heavy atom. The van der Waals surface area contributed by atoms with E-state index in [2.05, 4.69) is 55.6 Å². The van der Waals surface area contributed by atoms with E-state index in [1.54, 1.807) is 6.08 Å². The van der Waals surface area contributed by atoms with Crippen LogP contribution in [0.5, 0.6) is 0 Å². The molecule has 2 atom stereocenters. The summed E-state index contributed by atoms with van der Waals surface area (Å²) in [5, 5.41) is 23.0. The number of aliphatic hydroxyl groups excluding tert-OH is 2. The lowest BCUT2D eigenvalue weighted by Gasteiger charge is -2.20. The van der Waals surface area contributed by atoms with E-state index in [-0.39, 0.29) is 18.5 Å². The normalized spacial score (nSPS) is 12.8. The molecule has 0 saturated heterocycles. The van der Waals surface area contributed by atoms with Crippen LogP contribution in [-0.2, 0) is 14.3 Å². The summed E-state index contributed by atoms with van der Waals surface area (Å²) in [5.41, 5.74) is 0. The summed E-state index contributed by atoms with van der Waals surface area (Å²) in [4.78, 5) is 24.4. The average molecular weight is 1070 g/mol. The highest BCUT2D eigenvalue weighted by molar-refractivity contribution is 5.76. The first-order valence-electron chi connectivity index (χ1n) is 33.9. The second kappa shape index (κ2) is 65.3. The number of hydrogen-bond donors (Lipinski definition) is 3. The number of allylic oxidation sites excluding steroid dienone is 7. The molecule has 0 heterocycles. The lowest BCUT2D eigenvalue weighted by Crippen LogP contribution is -2.45. The number of carbonyl (C=O) groups excluding carboxylic acids is 2. The number of aliphatic hydroxyl groups is 2. The Hall–Kier alpha value is -2.18. The van der Waals surface area contributed by atoms with Gasteiger partial charge in [-0.05, 0) is 83.5 Å². The van der Waals surface area contributed by atoms with E-state index in [0.717, 1.165) is 51.4 Å². The van der Waals surface area contributed by atoms with Crippen molar-refractivity contribution in [2.45, 2.75) is 373 Å². The van der Waals surface area contributed by atoms with E-state index in [4.69, 9.17) is 4.74 Å². The van der Waals surface area contributed by atoms with Crippen LogP contribution in [-0.4, -0.2) is 47.4 Å². The molecule has 0 rings (SSSR count). The molecule has 2 unspecified atom stereocenters. The molecule has 0 radical (unpaired) electrons. The summed E-state index contributed by atoms with van der Waals surface area (Å²) in [6, 6.07) is -0.624. The van der Waals surface area contributed by atoms with Crippen molar-refractivity contribution in [1.29, 1.82) is 0 Å². The highest BCUT2D eigenvalue weighted by atomic mass is 16.5. The Kier molecular flexibility index (Phi) is 63.5. The molecule has 0 aromatic heterocycles. The Morgan fingerprint density at radius 1 is 0.368 bits per heavy atom. The fourth-order valence-corrected chi connectivity index (χ4v) is 10.4. The number of rotatable bonds is 63. The quantitative estimate of drug-likeness (QED) is 0.0320. The van der Waals surface area contributed by atoms with Gasteiger partial charge in [0.2, 0.25) is 5.91 Å². The van der Waals surface area contributed by atoms with Gasteiger partial charge in [0.05, 0.1) is 25.4 Å². The maximum Gasteiger partial charge on any atom is 0.305 e. The van der Waals surface area contributed by atoms with Crippen LogP contribution in [0.25, 0.3) is 0 Å². The first kappa shape index (κ1) is 73.8. The zero-order valence-corrected chi connectivity index (χ0v) is 51.0. The number of hydrogen-bond acceptors (Lipinski definition) is 5. The topological polar surface area (TPSA) is 95.9 Å². The number of carbonyl (C=O) groups is 2. The van der Waals surface area contributed by atoms with Gasteiger partial charge in [-0.2, -0.15) is 0 Å². The summed E-state index contributed by atoms with van der Waals surface area (Å²) in [6.07, 6.45) is 84.9. The summed E-state index contributed by atoms with van der Waals surface area (Å²) >= 11 is 0. The van der Waals surface area contributed by atoms with E-state index in [9.17, 15) is 19.8 Å². The number of unbranched alkanes of at least 4 members (excludes halogenated alkanes) is 46. The van der Waals surface area contributed by atoms with Gasteiger partial charge in [-0.25, -0.2) is 0 Å². The zero-order chi connectivity index (χ0) is 55.0. The highest BCUT2D eigenvalue weighted by Gasteiger charge is 2.18. The molecule has 0 spiro atoms. The van der Waals surface area contributed by atoms with Gasteiger partial charge < -0.3 is 20.3 Å². The van der Waals surface area contributed by atoms with E-state index >= 15 is 0 Å². The third-order valence-corrected chi connectivity index (χ3v) is 15.6. The van der Waals surface area contributed by atoms with Gasteiger partial charge in [0.25, 0.3) is 0 Å². The highest BCUT2D eigenvalue weighted by Crippen LogP contribution is 2.18. The van der Waals surface area contributed by atoms with Crippen molar-refractivity contribution in [3.8, 4) is 0 Å². The molecule has 0 aliphatic carbocycles. The Balaban J connectivity index is 3.36. The van der Waals surface area contributed by atoms with Gasteiger partial charge in [0, 0.05) is 12.8 Å². The molecule has 6 nitrogen and oxygen atoms in total. The van der Waals surface area contributed by atoms with Crippen molar-refractivity contribution in [1.82, 2.24) is 5.32 Å². The molecule has 446 valence electrons. The van der Waals surface area contributed by atoms with Crippen LogP contribution in [0.4, 0.5) is 0 Å². The summed E-state index contributed by atoms with van der Waals surface area (Å²) in [5.74, 6) is -0.0585. The minimum atomic E-state index is -0.841. The van der Waals surface area contributed by atoms with Crippen molar-refractivity contribution in [2.24, 2.45) is 0 Å². The zero-order valence-electron chi connectivity index (χ0n) is 51.0. The van der Waals surface area contributed by atoms with Crippen LogP contribution < -0.4 is 5.32 Å². The molecule has 1 amide bonds. The molecule has 0 aromatic carbocycles. The first-order valence-corrected chi connectivity index (χ1v) is 33.9. The standard InChI is InChI=1S/C70H131NO5/c1-3-5-7-9-11-13-42-46-50-54-58-62-68(73)67(66-72)71-69(74)63-59-55-51-47-44-40-38-36-34-32-30-28-26-24-22-20-18-16-15-17-19-21-23-25-27-29-31-33-35-37-39-41-45-49-53-57-61-65-76-70(75)64-60-56-52-48-43-14-12-10-8-6-4-2/h10,12,15,17,21,23,58,62,67-68,72-73H,3-9,11,13-14,16,18-20,22,24-57,59-61,63-66H2,1-2H3,(H,71,74)/b12-10-,17-15-,23-21-,62-58+. The first-order chi connectivity index (χ1) is 37.5. The molecule has 0 aromatic rings. The molecular weight excluding hydrogens is 935 g/mol. The fourth-order valence-electron chi connectivity index (χ4n) is 10.4. The van der Waals surface area contributed by atoms with Crippen molar-refractivity contribution < 1.29 is 24.5 Å². The smallest absolute Gasteiger partial charge is 0.305 e. The molecule has 3 N–H and O–H groups in total. The third-order valence-electron chi connectivity index (χ3n) is 15.6. The van der Waals surface area contributed by atoms with Crippen molar-refractivity contribution in [3.63, 3.8) is 0 Å². The lowest BCUT2D eigenvalue weighted by molar-refractivity contribution is -0.143. The molecule has 0 aliphatic heterocycles. The lowest BCUT2D eigenvalue weighted by atomic mass is 10.0. The summed E-state index contributed by atoms with van der Waals surface area (Å²) in [7, 11) is 0. The van der Waals surface area contributed by atoms with Crippen LogP contribution in [0.3, 0.4) is 0 Å². The minimum Gasteiger partial charge on any atom is -0.466 e. The molecular formula is C70H131NO5. The number of nitrogens with one attached hydrogen (secondary N) is 1. The Labute approximate surface area is 474 Å². The van der Waals surface area contributed by atoms with Crippen LogP contribution >= 0.6 is 0 Å². The predicted octanol–water partition coefficient (Wildman–Crippen LogP) is 21.7. The largest absolute Gasteiger partial charge is 0.466 e. The second-order valence-corrected chi connectivity index (χ2v) is 23.1. The van der Waals surface area contributed by atoms with Gasteiger partial charge >= 0.3 is 5.97 Å². The summed E-state index contributed by atoms with van der Waals surface area (Å²) in [6.45, 7) is 4.87. The maximum absolute atomic E-state index is 12.4. The maximum atomic E-state index is 12.4. The molecule has 6 heteroatoms.